The van der Waals surface area contributed by atoms with Crippen molar-refractivity contribution in [2.75, 3.05) is 68.7 Å². The van der Waals surface area contributed by atoms with E-state index in [1.165, 1.54) is 26.2 Å². The summed E-state index contributed by atoms with van der Waals surface area (Å²) >= 11 is 0. The maximum atomic E-state index is 14.5. The second-order valence-electron chi connectivity index (χ2n) is 30.8. The van der Waals surface area contributed by atoms with Crippen molar-refractivity contribution >= 4 is 93.7 Å². The van der Waals surface area contributed by atoms with Gasteiger partial charge in [-0.3, -0.25) is 48.4 Å². The van der Waals surface area contributed by atoms with E-state index in [4.69, 9.17) is 28.7 Å². The Balaban J connectivity index is 0.556. The number of nitrogens with zero attached hydrogens (tertiary/aromatic N) is 6. The second kappa shape index (κ2) is 31.2. The van der Waals surface area contributed by atoms with Gasteiger partial charge in [-0.05, 0) is 143 Å². The lowest BCUT2D eigenvalue weighted by Gasteiger charge is -2.42. The Labute approximate surface area is 627 Å². The van der Waals surface area contributed by atoms with Gasteiger partial charge < -0.3 is 75.5 Å². The number of carbonyl (C=O) groups is 9. The van der Waals surface area contributed by atoms with E-state index < -0.39 is 79.0 Å². The second-order valence-corrected chi connectivity index (χ2v) is 30.8. The van der Waals surface area contributed by atoms with Crippen LogP contribution in [0.25, 0.3) is 11.4 Å². The van der Waals surface area contributed by atoms with Gasteiger partial charge in [0.05, 0.1) is 104 Å². The molecular weight excluding hydrogens is 1380 g/mol. The van der Waals surface area contributed by atoms with Crippen LogP contribution >= 0.6 is 0 Å². The monoisotopic (exact) mass is 1480 g/mol. The lowest BCUT2D eigenvalue weighted by Crippen LogP contribution is -2.55. The number of aliphatic hydroxyl groups excluding tert-OH is 1. The number of rotatable bonds is 27. The van der Waals surface area contributed by atoms with Crippen molar-refractivity contribution in [3.63, 3.8) is 0 Å². The highest BCUT2D eigenvalue weighted by molar-refractivity contribution is 6.07. The third kappa shape index (κ3) is 15.8. The lowest BCUT2D eigenvalue weighted by molar-refractivity contribution is -0.132. The number of amides is 9. The minimum atomic E-state index is -1.47. The molecule has 6 heterocycles. The van der Waals surface area contributed by atoms with Crippen molar-refractivity contribution in [3.8, 4) is 23.0 Å². The number of para-hydroxylation sites is 1. The number of hydrazine groups is 2. The number of nitrogens with one attached hydrogen (secondary N) is 7. The summed E-state index contributed by atoms with van der Waals surface area (Å²) in [6.45, 7) is 14.2. The standard InChI is InChI=1S/C80H97N13O15/c1-46(2)69(86-67(96)41-83-66(95)40-82-65(94)25-26-68(97)89-42-50-17-11-12-18-53(50)70-71(54-19-13-14-20-58(54)89)93(88-87-70)78(6,7)47(3)4)73(99)84-48(5)72(98)85-51-23-21-49(22-24-51)43-108-77(103)92-59-36-64(62(105-9)34-56(59)75(101)91-45-80(29-30-80)38-60(91)76(92)102)107-32-16-10-15-31-106-63-35-57-55(33-61(63)104-8)74(100)90-44-79(27-28-79)37-52(90)39-81-57/h11-14,17-24,33-36,39,46-48,52,60,69,76,87-88,102H,10,15-16,25-32,37-38,40-45H2,1-9H3,(H,82,94)(H,83,95)(H,84,99)(H,85,98)(H,86,96)/t48-,52-,60-,69-,76?/m0/s1. The SMILES string of the molecule is COc1cc2c(cc1OCCCCCOc1cc3c(cc1OC)C(=O)N1CC4(CC4)C[C@H]1C(O)N3C(=O)OCc1ccc(NC(=O)[C@H](C)NC(=O)[C@@H](NC(=O)CNC(=O)CNC(=O)CCC(=O)N3Cc4ccccc4C4=C(c5ccccc53)N(C(C)(C)C(C)C)NN4)C(C)C)cc1)N=C[C@@H]1CC3(CC3)CN1C2=O. The van der Waals surface area contributed by atoms with Crippen molar-refractivity contribution in [2.45, 2.75) is 168 Å². The van der Waals surface area contributed by atoms with Gasteiger partial charge in [-0.25, -0.2) is 9.69 Å². The highest BCUT2D eigenvalue weighted by Gasteiger charge is 2.58. The van der Waals surface area contributed by atoms with Crippen molar-refractivity contribution in [1.82, 2.24) is 47.0 Å². The largest absolute Gasteiger partial charge is 0.493 e. The molecule has 9 amide bonds. The van der Waals surface area contributed by atoms with Crippen LogP contribution in [0.1, 0.15) is 162 Å². The van der Waals surface area contributed by atoms with E-state index in [-0.39, 0.29) is 101 Å². The molecular formula is C80H97N13O15. The van der Waals surface area contributed by atoms with Crippen LogP contribution < -0.4 is 66.3 Å². The molecule has 2 aliphatic carbocycles. The zero-order valence-corrected chi connectivity index (χ0v) is 62.6. The van der Waals surface area contributed by atoms with Gasteiger partial charge in [0, 0.05) is 61.1 Å². The van der Waals surface area contributed by atoms with Gasteiger partial charge in [-0.1, -0.05) is 82.3 Å². The molecule has 572 valence electrons. The van der Waals surface area contributed by atoms with E-state index in [1.54, 1.807) is 67.2 Å². The number of methoxy groups -OCH3 is 2. The molecule has 4 fully saturated rings. The minimum absolute atomic E-state index is 0.0172. The predicted molar refractivity (Wildman–Crippen MR) is 402 cm³/mol. The van der Waals surface area contributed by atoms with Crippen molar-refractivity contribution < 1.29 is 71.9 Å². The fourth-order valence-corrected chi connectivity index (χ4v) is 15.1. The summed E-state index contributed by atoms with van der Waals surface area (Å²) in [5.74, 6) is -2.61. The lowest BCUT2D eigenvalue weighted by atomic mass is 9.87. The Morgan fingerprint density at radius 2 is 1.30 bits per heavy atom. The summed E-state index contributed by atoms with van der Waals surface area (Å²) in [4.78, 5) is 134. The van der Waals surface area contributed by atoms with Gasteiger partial charge in [0.1, 0.15) is 18.7 Å². The van der Waals surface area contributed by atoms with Gasteiger partial charge in [-0.2, -0.15) is 0 Å². The first-order valence-electron chi connectivity index (χ1n) is 37.4. The van der Waals surface area contributed by atoms with E-state index >= 15 is 0 Å². The Hall–Kier alpha value is -10.7. The quantitative estimate of drug-likeness (QED) is 0.0229. The van der Waals surface area contributed by atoms with Crippen molar-refractivity contribution in [3.05, 3.63) is 130 Å². The molecule has 8 N–H and O–H groups in total. The Kier molecular flexibility index (Phi) is 21.8. The van der Waals surface area contributed by atoms with Gasteiger partial charge in [0.25, 0.3) is 11.8 Å². The maximum Gasteiger partial charge on any atom is 0.416 e. The smallest absolute Gasteiger partial charge is 0.416 e. The van der Waals surface area contributed by atoms with Crippen LogP contribution in [0.5, 0.6) is 23.0 Å². The van der Waals surface area contributed by atoms with Gasteiger partial charge in [-0.15, -0.1) is 5.53 Å². The van der Waals surface area contributed by atoms with E-state index in [0.29, 0.717) is 78.5 Å². The first kappa shape index (κ1) is 75.5. The first-order chi connectivity index (χ1) is 51.8. The average Bonchev–Trinajstić information content (AvgIpc) is 1.56. The Bertz CT molecular complexity index is 4420. The molecule has 28 nitrogen and oxygen atoms in total. The summed E-state index contributed by atoms with van der Waals surface area (Å²) < 4.78 is 29.8. The number of ether oxygens (including phenoxy) is 5. The van der Waals surface area contributed by atoms with Gasteiger partial charge in [0.2, 0.25) is 35.4 Å². The summed E-state index contributed by atoms with van der Waals surface area (Å²) in [5.41, 5.74) is 13.8. The summed E-state index contributed by atoms with van der Waals surface area (Å²) in [6.07, 6.45) is 6.61. The topological polar surface area (TPSA) is 333 Å². The molecule has 2 saturated heterocycles. The normalized spacial score (nSPS) is 19.4. The van der Waals surface area contributed by atoms with Crippen LogP contribution in [0.2, 0.25) is 0 Å². The summed E-state index contributed by atoms with van der Waals surface area (Å²) in [7, 11) is 3.01. The van der Waals surface area contributed by atoms with Crippen LogP contribution in [0.4, 0.5) is 27.5 Å². The average molecular weight is 1480 g/mol. The molecule has 0 radical (unpaired) electrons. The van der Waals surface area contributed by atoms with Crippen LogP contribution in [0.15, 0.2) is 102 Å². The molecule has 0 bridgehead atoms. The van der Waals surface area contributed by atoms with Crippen molar-refractivity contribution in [2.24, 2.45) is 27.7 Å². The third-order valence-corrected chi connectivity index (χ3v) is 22.5. The fraction of sp³-hybridized carbons (Fsp3) is 0.475. The number of fused-ring (bicyclic) bond motifs is 8. The molecule has 13 rings (SSSR count). The van der Waals surface area contributed by atoms with Crippen LogP contribution in [-0.4, -0.2) is 169 Å². The number of anilines is 3. The number of carbonyl (C=O) groups excluding carboxylic acids is 9. The number of aliphatic imine (C=N–C) groups is 1. The zero-order valence-electron chi connectivity index (χ0n) is 62.6. The number of unbranched alkanes of at least 4 members (excludes halogenated alkanes) is 2. The molecule has 1 unspecified atom stereocenters. The molecule has 2 saturated carbocycles. The molecule has 8 aliphatic rings. The molecule has 5 aromatic carbocycles. The van der Waals surface area contributed by atoms with Gasteiger partial charge in [0.15, 0.2) is 29.2 Å². The molecule has 5 atom stereocenters. The molecule has 108 heavy (non-hydrogen) atoms. The van der Waals surface area contributed by atoms with Crippen LogP contribution in [0.3, 0.4) is 0 Å². The molecule has 0 aromatic heterocycles. The highest BCUT2D eigenvalue weighted by Crippen LogP contribution is 2.58. The predicted octanol–water partition coefficient (Wildman–Crippen LogP) is 8.24. The fourth-order valence-electron chi connectivity index (χ4n) is 15.1. The molecule has 28 heteroatoms. The maximum absolute atomic E-state index is 14.5. The molecule has 5 aromatic rings. The Morgan fingerprint density at radius 1 is 0.667 bits per heavy atom. The van der Waals surface area contributed by atoms with E-state index in [2.05, 4.69) is 70.2 Å². The molecule has 2 spiro atoms. The highest BCUT2D eigenvalue weighted by atomic mass is 16.6. The Morgan fingerprint density at radius 3 is 1.98 bits per heavy atom. The third-order valence-electron chi connectivity index (χ3n) is 22.5. The molecule has 6 aliphatic heterocycles. The van der Waals surface area contributed by atoms with E-state index in [0.717, 1.165) is 71.6 Å². The minimum Gasteiger partial charge on any atom is -0.493 e. The van der Waals surface area contributed by atoms with Crippen molar-refractivity contribution in [1.29, 1.82) is 0 Å². The summed E-state index contributed by atoms with van der Waals surface area (Å²) in [5, 5.41) is 27.3. The number of aliphatic hydroxyl groups is 1. The number of benzene rings is 5. The summed E-state index contributed by atoms with van der Waals surface area (Å²) in [6, 6.07) is 25.6. The van der Waals surface area contributed by atoms with Crippen LogP contribution in [-0.2, 0) is 46.7 Å². The number of hydrogen-bond acceptors (Lipinski definition) is 19. The number of hydrogen-bond donors (Lipinski definition) is 8. The zero-order chi connectivity index (χ0) is 76.5. The first-order valence-corrected chi connectivity index (χ1v) is 37.4. The van der Waals surface area contributed by atoms with Gasteiger partial charge >= 0.3 is 6.09 Å². The van der Waals surface area contributed by atoms with E-state index in [1.807, 2.05) is 59.6 Å². The van der Waals surface area contributed by atoms with Crippen LogP contribution in [0, 0.1) is 22.7 Å². The van der Waals surface area contributed by atoms with E-state index in [9.17, 15) is 48.3 Å².